The second kappa shape index (κ2) is 6.69. The van der Waals surface area contributed by atoms with Crippen LogP contribution in [0, 0.1) is 5.92 Å². The molecule has 0 amide bonds. The molecule has 0 aromatic heterocycles. The molecule has 18 heavy (non-hydrogen) atoms. The smallest absolute Gasteiger partial charge is 0.338 e. The molecule has 1 rings (SSSR count). The third kappa shape index (κ3) is 3.42. The van der Waals surface area contributed by atoms with E-state index in [-0.39, 0.29) is 0 Å². The third-order valence-electron chi connectivity index (χ3n) is 2.75. The van der Waals surface area contributed by atoms with Crippen LogP contribution in [0.2, 0.25) is 0 Å². The first-order valence-corrected chi connectivity index (χ1v) is 7.38. The Balaban J connectivity index is 3.24. The van der Waals surface area contributed by atoms with Gasteiger partial charge in [-0.2, -0.15) is 0 Å². The maximum Gasteiger partial charge on any atom is 0.338 e. The number of rotatable bonds is 6. The number of nitrogens with zero attached hydrogens (tertiary/aromatic N) is 1. The molecule has 1 aromatic rings. The maximum absolute atomic E-state index is 11.5. The number of anilines is 1. The van der Waals surface area contributed by atoms with Gasteiger partial charge in [0.2, 0.25) is 0 Å². The molecule has 3 nitrogen and oxygen atoms in total. The highest BCUT2D eigenvalue weighted by atomic mass is 32.2. The lowest BCUT2D eigenvalue weighted by molar-refractivity contribution is 0.0694. The van der Waals surface area contributed by atoms with Crippen molar-refractivity contribution in [3.8, 4) is 0 Å². The lowest BCUT2D eigenvalue weighted by Crippen LogP contribution is -2.29. The SMILES string of the molecule is CCN(CC(C)C)c1cccc(SC)c1C(=O)O. The summed E-state index contributed by atoms with van der Waals surface area (Å²) >= 11 is 1.48. The van der Waals surface area contributed by atoms with Gasteiger partial charge in [-0.05, 0) is 31.2 Å². The normalized spacial score (nSPS) is 10.7. The van der Waals surface area contributed by atoms with Gasteiger partial charge in [-0.25, -0.2) is 4.79 Å². The molecule has 1 aromatic carbocycles. The number of carboxylic acid groups (broad SMARTS) is 1. The van der Waals surface area contributed by atoms with Crippen molar-refractivity contribution in [2.75, 3.05) is 24.2 Å². The second-order valence-electron chi connectivity index (χ2n) is 4.59. The fraction of sp³-hybridized carbons (Fsp3) is 0.500. The number of carbonyl (C=O) groups is 1. The van der Waals surface area contributed by atoms with Crippen molar-refractivity contribution in [1.29, 1.82) is 0 Å². The first-order valence-electron chi connectivity index (χ1n) is 6.16. The van der Waals surface area contributed by atoms with Crippen LogP contribution in [0.5, 0.6) is 0 Å². The quantitative estimate of drug-likeness (QED) is 0.800. The van der Waals surface area contributed by atoms with Gasteiger partial charge in [-0.1, -0.05) is 19.9 Å². The molecule has 0 saturated heterocycles. The number of thioether (sulfide) groups is 1. The number of benzene rings is 1. The summed E-state index contributed by atoms with van der Waals surface area (Å²) in [6, 6.07) is 5.69. The molecule has 0 spiro atoms. The highest BCUT2D eigenvalue weighted by Gasteiger charge is 2.19. The highest BCUT2D eigenvalue weighted by molar-refractivity contribution is 7.98. The van der Waals surface area contributed by atoms with Crippen LogP contribution in [0.15, 0.2) is 23.1 Å². The second-order valence-corrected chi connectivity index (χ2v) is 5.44. The lowest BCUT2D eigenvalue weighted by Gasteiger charge is -2.27. The van der Waals surface area contributed by atoms with E-state index in [0.717, 1.165) is 23.7 Å². The molecule has 0 atom stereocenters. The molecule has 0 bridgehead atoms. The molecular formula is C14H21NO2S. The number of hydrogen-bond acceptors (Lipinski definition) is 3. The first-order chi connectivity index (χ1) is 8.51. The van der Waals surface area contributed by atoms with Gasteiger partial charge < -0.3 is 10.0 Å². The molecule has 0 heterocycles. The number of carboxylic acids is 1. The van der Waals surface area contributed by atoms with Crippen molar-refractivity contribution in [2.24, 2.45) is 5.92 Å². The van der Waals surface area contributed by atoms with Crippen molar-refractivity contribution in [1.82, 2.24) is 0 Å². The van der Waals surface area contributed by atoms with E-state index in [1.54, 1.807) is 0 Å². The Kier molecular flexibility index (Phi) is 5.54. The van der Waals surface area contributed by atoms with Gasteiger partial charge in [0.1, 0.15) is 0 Å². The standard InChI is InChI=1S/C14H21NO2S/c1-5-15(9-10(2)3)11-7-6-8-12(18-4)13(11)14(16)17/h6-8,10H,5,9H2,1-4H3,(H,16,17). The van der Waals surface area contributed by atoms with Crippen LogP contribution in [0.1, 0.15) is 31.1 Å². The zero-order valence-corrected chi connectivity index (χ0v) is 12.3. The van der Waals surface area contributed by atoms with Gasteiger partial charge in [0.25, 0.3) is 0 Å². The minimum Gasteiger partial charge on any atom is -0.478 e. The Morgan fingerprint density at radius 1 is 1.44 bits per heavy atom. The molecule has 0 radical (unpaired) electrons. The van der Waals surface area contributed by atoms with E-state index in [2.05, 4.69) is 25.7 Å². The van der Waals surface area contributed by atoms with Crippen molar-refractivity contribution in [3.63, 3.8) is 0 Å². The average molecular weight is 267 g/mol. The molecule has 100 valence electrons. The molecule has 1 N–H and O–H groups in total. The van der Waals surface area contributed by atoms with E-state index in [9.17, 15) is 9.90 Å². The van der Waals surface area contributed by atoms with E-state index in [1.165, 1.54) is 11.8 Å². The summed E-state index contributed by atoms with van der Waals surface area (Å²) in [7, 11) is 0. The molecule has 0 aliphatic heterocycles. The Hall–Kier alpha value is -1.16. The molecule has 0 aliphatic rings. The summed E-state index contributed by atoms with van der Waals surface area (Å²) in [5.41, 5.74) is 1.25. The van der Waals surface area contributed by atoms with Gasteiger partial charge in [-0.15, -0.1) is 11.8 Å². The fourth-order valence-electron chi connectivity index (χ4n) is 2.01. The zero-order chi connectivity index (χ0) is 13.7. The fourth-order valence-corrected chi connectivity index (χ4v) is 2.62. The minimum absolute atomic E-state index is 0.424. The van der Waals surface area contributed by atoms with Crippen molar-refractivity contribution in [3.05, 3.63) is 23.8 Å². The van der Waals surface area contributed by atoms with Gasteiger partial charge in [0, 0.05) is 18.0 Å². The van der Waals surface area contributed by atoms with E-state index >= 15 is 0 Å². The lowest BCUT2D eigenvalue weighted by atomic mass is 10.1. The van der Waals surface area contributed by atoms with Crippen LogP contribution >= 0.6 is 11.8 Å². The van der Waals surface area contributed by atoms with Crippen molar-refractivity contribution >= 4 is 23.4 Å². The van der Waals surface area contributed by atoms with Crippen LogP contribution in [0.25, 0.3) is 0 Å². The van der Waals surface area contributed by atoms with E-state index in [1.807, 2.05) is 24.5 Å². The van der Waals surface area contributed by atoms with Gasteiger partial charge in [0.05, 0.1) is 11.3 Å². The zero-order valence-electron chi connectivity index (χ0n) is 11.4. The van der Waals surface area contributed by atoms with E-state index in [0.29, 0.717) is 11.5 Å². The Morgan fingerprint density at radius 2 is 2.11 bits per heavy atom. The molecule has 4 heteroatoms. The van der Waals surface area contributed by atoms with Crippen LogP contribution in [-0.2, 0) is 0 Å². The van der Waals surface area contributed by atoms with Gasteiger partial charge in [-0.3, -0.25) is 0 Å². The average Bonchev–Trinajstić information content (AvgIpc) is 2.34. The van der Waals surface area contributed by atoms with E-state index in [4.69, 9.17) is 0 Å². The van der Waals surface area contributed by atoms with Crippen molar-refractivity contribution < 1.29 is 9.90 Å². The summed E-state index contributed by atoms with van der Waals surface area (Å²) in [5.74, 6) is -0.346. The molecule has 0 fully saturated rings. The Labute approximate surface area is 113 Å². The number of hydrogen-bond donors (Lipinski definition) is 1. The van der Waals surface area contributed by atoms with Gasteiger partial charge in [0.15, 0.2) is 0 Å². The maximum atomic E-state index is 11.5. The summed E-state index contributed by atoms with van der Waals surface area (Å²) in [4.78, 5) is 14.4. The highest BCUT2D eigenvalue weighted by Crippen LogP contribution is 2.30. The molecular weight excluding hydrogens is 246 g/mol. The molecule has 0 aliphatic carbocycles. The summed E-state index contributed by atoms with van der Waals surface area (Å²) in [6.45, 7) is 8.02. The monoisotopic (exact) mass is 267 g/mol. The first kappa shape index (κ1) is 14.9. The number of aromatic carboxylic acids is 1. The van der Waals surface area contributed by atoms with Crippen molar-refractivity contribution in [2.45, 2.75) is 25.7 Å². The minimum atomic E-state index is -0.850. The van der Waals surface area contributed by atoms with E-state index < -0.39 is 5.97 Å². The van der Waals surface area contributed by atoms with Crippen LogP contribution < -0.4 is 4.90 Å². The Morgan fingerprint density at radius 3 is 2.56 bits per heavy atom. The van der Waals surface area contributed by atoms with Crippen LogP contribution in [0.3, 0.4) is 0 Å². The summed E-state index contributed by atoms with van der Waals surface area (Å²) in [6.07, 6.45) is 1.91. The molecule has 0 unspecified atom stereocenters. The largest absolute Gasteiger partial charge is 0.478 e. The predicted octanol–water partition coefficient (Wildman–Crippen LogP) is 3.59. The van der Waals surface area contributed by atoms with Crippen LogP contribution in [0.4, 0.5) is 5.69 Å². The predicted molar refractivity (Wildman–Crippen MR) is 77.9 cm³/mol. The summed E-state index contributed by atoms with van der Waals surface area (Å²) < 4.78 is 0. The Bertz CT molecular complexity index is 418. The molecule has 0 saturated carbocycles. The van der Waals surface area contributed by atoms with Gasteiger partial charge >= 0.3 is 5.97 Å². The summed E-state index contributed by atoms with van der Waals surface area (Å²) in [5, 5.41) is 9.42. The third-order valence-corrected chi connectivity index (χ3v) is 3.53. The topological polar surface area (TPSA) is 40.5 Å². The van der Waals surface area contributed by atoms with Crippen LogP contribution in [-0.4, -0.2) is 30.4 Å².